The zero-order valence-corrected chi connectivity index (χ0v) is 12.6. The van der Waals surface area contributed by atoms with Gasteiger partial charge in [-0.1, -0.05) is 0 Å². The van der Waals surface area contributed by atoms with E-state index in [0.29, 0.717) is 5.69 Å². The number of halogens is 1. The Labute approximate surface area is 120 Å². The summed E-state index contributed by atoms with van der Waals surface area (Å²) in [5.74, 6) is 0.713. The van der Waals surface area contributed by atoms with Gasteiger partial charge in [0.1, 0.15) is 11.4 Å². The summed E-state index contributed by atoms with van der Waals surface area (Å²) in [5, 5.41) is 0. The Morgan fingerprint density at radius 1 is 1.32 bits per heavy atom. The normalized spacial score (nSPS) is 10.3. The number of nitrogens with zero attached hydrogens (tertiary/aromatic N) is 2. The van der Waals surface area contributed by atoms with Crippen LogP contribution in [0.5, 0.6) is 5.75 Å². The Bertz CT molecular complexity index is 590. The number of amides is 1. The molecule has 1 aromatic heterocycles. The minimum absolute atomic E-state index is 0.0571. The van der Waals surface area contributed by atoms with Crippen LogP contribution in [0.25, 0.3) is 0 Å². The number of benzene rings is 1. The molecule has 4 nitrogen and oxygen atoms in total. The van der Waals surface area contributed by atoms with Gasteiger partial charge >= 0.3 is 0 Å². The van der Waals surface area contributed by atoms with Crippen LogP contribution in [0.1, 0.15) is 10.5 Å². The lowest BCUT2D eigenvalue weighted by atomic mass is 10.2. The first kappa shape index (κ1) is 13.7. The molecule has 0 bridgehead atoms. The van der Waals surface area contributed by atoms with E-state index in [1.54, 1.807) is 23.6 Å². The van der Waals surface area contributed by atoms with Gasteiger partial charge in [0, 0.05) is 30.5 Å². The molecule has 0 N–H and O–H groups in total. The summed E-state index contributed by atoms with van der Waals surface area (Å²) in [6.45, 7) is 0. The maximum Gasteiger partial charge on any atom is 0.274 e. The van der Waals surface area contributed by atoms with E-state index in [9.17, 15) is 4.79 Å². The average Bonchev–Trinajstić information content (AvgIpc) is 2.76. The summed E-state index contributed by atoms with van der Waals surface area (Å²) in [6.07, 6.45) is 1.86. The van der Waals surface area contributed by atoms with Gasteiger partial charge in [0.15, 0.2) is 0 Å². The second kappa shape index (κ2) is 5.48. The lowest BCUT2D eigenvalue weighted by molar-refractivity contribution is 0.0985. The number of carbonyl (C=O) groups excluding carboxylic acids is 1. The van der Waals surface area contributed by atoms with Crippen molar-refractivity contribution in [2.75, 3.05) is 19.1 Å². The van der Waals surface area contributed by atoms with Crippen LogP contribution < -0.4 is 9.64 Å². The highest BCUT2D eigenvalue weighted by Crippen LogP contribution is 2.21. The van der Waals surface area contributed by atoms with Crippen molar-refractivity contribution in [2.45, 2.75) is 0 Å². The van der Waals surface area contributed by atoms with E-state index >= 15 is 0 Å². The molecule has 0 spiro atoms. The molecule has 1 heterocycles. The second-order valence-electron chi connectivity index (χ2n) is 4.22. The summed E-state index contributed by atoms with van der Waals surface area (Å²) >= 11 is 3.37. The second-order valence-corrected chi connectivity index (χ2v) is 5.13. The summed E-state index contributed by atoms with van der Waals surface area (Å²) < 4.78 is 7.79. The summed E-state index contributed by atoms with van der Waals surface area (Å²) in [5.41, 5.74) is 1.45. The molecule has 0 aliphatic heterocycles. The van der Waals surface area contributed by atoms with Gasteiger partial charge in [-0.15, -0.1) is 0 Å². The van der Waals surface area contributed by atoms with Crippen molar-refractivity contribution in [1.82, 2.24) is 4.57 Å². The first-order valence-corrected chi connectivity index (χ1v) is 6.56. The monoisotopic (exact) mass is 322 g/mol. The number of ether oxygens (including phenoxy) is 1. The smallest absolute Gasteiger partial charge is 0.274 e. The Morgan fingerprint density at radius 2 is 1.95 bits per heavy atom. The van der Waals surface area contributed by atoms with Gasteiger partial charge in [0.05, 0.1) is 7.11 Å². The Hall–Kier alpha value is -1.75. The number of hydrogen-bond donors (Lipinski definition) is 0. The molecule has 0 saturated heterocycles. The first-order valence-electron chi connectivity index (χ1n) is 5.77. The molecule has 1 aromatic carbocycles. The van der Waals surface area contributed by atoms with Crippen molar-refractivity contribution in [2.24, 2.45) is 7.05 Å². The highest BCUT2D eigenvalue weighted by molar-refractivity contribution is 9.10. The van der Waals surface area contributed by atoms with Gasteiger partial charge < -0.3 is 14.2 Å². The zero-order valence-electron chi connectivity index (χ0n) is 11.1. The van der Waals surface area contributed by atoms with E-state index in [2.05, 4.69) is 15.9 Å². The molecule has 0 aliphatic rings. The van der Waals surface area contributed by atoms with Gasteiger partial charge in [0.25, 0.3) is 5.91 Å². The number of rotatable bonds is 3. The molecule has 0 saturated carbocycles. The third-order valence-corrected chi connectivity index (χ3v) is 3.39. The molecule has 0 aliphatic carbocycles. The van der Waals surface area contributed by atoms with Crippen LogP contribution in [-0.4, -0.2) is 24.6 Å². The highest BCUT2D eigenvalue weighted by atomic mass is 79.9. The third kappa shape index (κ3) is 2.81. The maximum atomic E-state index is 12.4. The van der Waals surface area contributed by atoms with E-state index in [0.717, 1.165) is 15.9 Å². The van der Waals surface area contributed by atoms with Gasteiger partial charge in [-0.05, 0) is 46.3 Å². The molecular weight excluding hydrogens is 308 g/mol. The lowest BCUT2D eigenvalue weighted by Gasteiger charge is -2.17. The molecule has 1 amide bonds. The number of hydrogen-bond acceptors (Lipinski definition) is 2. The Kier molecular flexibility index (Phi) is 3.95. The van der Waals surface area contributed by atoms with Gasteiger partial charge in [-0.2, -0.15) is 0 Å². The number of methoxy groups -OCH3 is 1. The Balaban J connectivity index is 2.25. The molecule has 2 aromatic rings. The number of aromatic nitrogens is 1. The van der Waals surface area contributed by atoms with Crippen molar-refractivity contribution in [3.63, 3.8) is 0 Å². The minimum atomic E-state index is -0.0571. The fraction of sp³-hybridized carbons (Fsp3) is 0.214. The highest BCUT2D eigenvalue weighted by Gasteiger charge is 2.17. The molecular formula is C14H15BrN2O2. The summed E-state index contributed by atoms with van der Waals surface area (Å²) in [7, 11) is 5.22. The van der Waals surface area contributed by atoms with Crippen LogP contribution in [-0.2, 0) is 7.05 Å². The minimum Gasteiger partial charge on any atom is -0.497 e. The van der Waals surface area contributed by atoms with E-state index in [1.165, 1.54) is 0 Å². The van der Waals surface area contributed by atoms with Crippen molar-refractivity contribution in [1.29, 1.82) is 0 Å². The molecule has 100 valence electrons. The van der Waals surface area contributed by atoms with Crippen molar-refractivity contribution in [3.8, 4) is 5.75 Å². The van der Waals surface area contributed by atoms with Crippen LogP contribution in [0.4, 0.5) is 5.69 Å². The van der Waals surface area contributed by atoms with Crippen molar-refractivity contribution in [3.05, 3.63) is 46.7 Å². The SMILES string of the molecule is COc1ccc(N(C)C(=O)c2cc(Br)cn2C)cc1. The van der Waals surface area contributed by atoms with Crippen molar-refractivity contribution >= 4 is 27.5 Å². The van der Waals surface area contributed by atoms with Crippen LogP contribution in [0.15, 0.2) is 41.0 Å². The van der Waals surface area contributed by atoms with Crippen LogP contribution >= 0.6 is 15.9 Å². The number of anilines is 1. The Morgan fingerprint density at radius 3 is 2.42 bits per heavy atom. The summed E-state index contributed by atoms with van der Waals surface area (Å²) in [4.78, 5) is 14.0. The van der Waals surface area contributed by atoms with Crippen LogP contribution in [0, 0.1) is 0 Å². The van der Waals surface area contributed by atoms with E-state index < -0.39 is 0 Å². The molecule has 5 heteroatoms. The molecule has 0 unspecified atom stereocenters. The van der Waals surface area contributed by atoms with E-state index in [4.69, 9.17) is 4.74 Å². The lowest BCUT2D eigenvalue weighted by Crippen LogP contribution is -2.27. The van der Waals surface area contributed by atoms with Gasteiger partial charge in [-0.3, -0.25) is 4.79 Å². The molecule has 0 fully saturated rings. The summed E-state index contributed by atoms with van der Waals surface area (Å²) in [6, 6.07) is 9.19. The predicted molar refractivity (Wildman–Crippen MR) is 78.8 cm³/mol. The fourth-order valence-electron chi connectivity index (χ4n) is 1.83. The first-order chi connectivity index (χ1) is 9.02. The number of aryl methyl sites for hydroxylation is 1. The third-order valence-electron chi connectivity index (χ3n) is 2.96. The van der Waals surface area contributed by atoms with E-state index in [-0.39, 0.29) is 5.91 Å². The number of carbonyl (C=O) groups is 1. The van der Waals surface area contributed by atoms with E-state index in [1.807, 2.05) is 43.6 Å². The molecule has 2 rings (SSSR count). The molecule has 0 radical (unpaired) electrons. The van der Waals surface area contributed by atoms with Gasteiger partial charge in [-0.25, -0.2) is 0 Å². The predicted octanol–water partition coefficient (Wildman–Crippen LogP) is 3.07. The quantitative estimate of drug-likeness (QED) is 0.870. The topological polar surface area (TPSA) is 34.5 Å². The van der Waals surface area contributed by atoms with Gasteiger partial charge in [0.2, 0.25) is 0 Å². The van der Waals surface area contributed by atoms with Crippen molar-refractivity contribution < 1.29 is 9.53 Å². The largest absolute Gasteiger partial charge is 0.497 e. The van der Waals surface area contributed by atoms with Crippen LogP contribution in [0.3, 0.4) is 0 Å². The molecule has 0 atom stereocenters. The standard InChI is InChI=1S/C14H15BrN2O2/c1-16-9-10(15)8-13(16)14(18)17(2)11-4-6-12(19-3)7-5-11/h4-9H,1-3H3. The van der Waals surface area contributed by atoms with Crippen LogP contribution in [0.2, 0.25) is 0 Å². The maximum absolute atomic E-state index is 12.4. The average molecular weight is 323 g/mol. The molecule has 19 heavy (non-hydrogen) atoms. The fourth-order valence-corrected chi connectivity index (χ4v) is 2.36. The zero-order chi connectivity index (χ0) is 14.0.